The number of nitrogens with zero attached hydrogens (tertiary/aromatic N) is 19. The molecule has 0 spiro atoms. The Kier molecular flexibility index (Phi) is 112. The van der Waals surface area contributed by atoms with Crippen LogP contribution in [0.4, 0.5) is 29.1 Å². The third-order valence-corrected chi connectivity index (χ3v) is 18.1. The van der Waals surface area contributed by atoms with Gasteiger partial charge in [0.25, 0.3) is 0 Å². The minimum atomic E-state index is -0.0425. The average molecular weight is 3700 g/mol. The average Bonchev–Trinajstić information content (AvgIpc) is 1.64. The number of hydrogen-bond donors (Lipinski definition) is 8. The Hall–Kier alpha value is 1.43. The fourth-order valence-electron chi connectivity index (χ4n) is 12.0. The van der Waals surface area contributed by atoms with Gasteiger partial charge in [0.2, 0.25) is 5.28 Å². The van der Waals surface area contributed by atoms with Gasteiger partial charge < -0.3 is 86.9 Å². The van der Waals surface area contributed by atoms with E-state index in [1.807, 2.05) is 48.6 Å². The Bertz CT molecular complexity index is 5560. The molecule has 13 aromatic rings. The van der Waals surface area contributed by atoms with Gasteiger partial charge in [0.15, 0.2) is 73.9 Å². The third kappa shape index (κ3) is 54.7. The number of benzene rings is 3. The molecule has 0 amide bonds. The van der Waals surface area contributed by atoms with Crippen molar-refractivity contribution in [1.29, 1.82) is 0 Å². The van der Waals surface area contributed by atoms with Crippen LogP contribution in [0.5, 0.6) is 24.0 Å². The number of rotatable bonds is 23. The second-order valence-electron chi connectivity index (χ2n) is 26.4. The van der Waals surface area contributed by atoms with Crippen molar-refractivity contribution in [3.05, 3.63) is 231 Å². The van der Waals surface area contributed by atoms with Gasteiger partial charge >= 0.3 is 53.6 Å². The Labute approximate surface area is 1130 Å². The molecule has 14 N–H and O–H groups in total. The van der Waals surface area contributed by atoms with Crippen molar-refractivity contribution >= 4 is 108 Å². The van der Waals surface area contributed by atoms with Crippen LogP contribution in [-0.4, -0.2) is 167 Å². The van der Waals surface area contributed by atoms with Crippen molar-refractivity contribution < 1.29 is 477 Å². The number of nitrogens with one attached hydrogen (secondary N) is 1. The Morgan fingerprint density at radius 1 is 0.482 bits per heavy atom. The summed E-state index contributed by atoms with van der Waals surface area (Å²) in [4.78, 5) is 65.9. The molecule has 3 aliphatic heterocycles. The Morgan fingerprint density at radius 3 is 1.42 bits per heavy atom. The maximum Gasteiger partial charge on any atom is 1.00 e. The first-order valence-corrected chi connectivity index (χ1v) is 39.5. The topological polar surface area (TPSA) is 485 Å². The molecule has 54 heteroatoms. The maximum atomic E-state index is 8.00. The molecule has 2 fully saturated rings. The normalized spacial score (nSPS) is 12.2. The number of aromatic amines is 1. The molecule has 2 unspecified atom stereocenters. The number of aliphatic hydroxyl groups is 2. The standard InChI is InChI=1S/C19H21N5O.C17H17N5O.C14H19N5O2.C10H12ClN5O.C10H11Cl.C9H11N5O.C4H8O.CH4O.CH4.Na.H2O.5V.7W.5Y/c1-3-5-10-25-19-22-17(20)16-18(23-19)24(13-21-16)12-15-9-6-8-14(11-15)7-4-2;18-15-14-16-21-17(20-15)23-8-3-1-2-5-12-6-4-7-13(9-12)10-22(16)11-19-14;1-2-3-7-21-14-17-12(15)11-13(18-14)19(9-16-11)10-6-4-5-8-20-10;11-10-14-8(12)7-9(15-10)16(5-13-7)6-3-1-2-4-17-6;1-2-4-9-5-3-6-10(7-9)8-11;1-2-3-4-15-9-13-7(10)6-8(14-9)12-5-11-6;1-2-3-4-5;1-2;;;;;;;;;;;;;;;;;;;;/h3-4,6,8-9,11,13H,1-2,5,7,10,12H2,(H2,20,22,23);1-2,4,6-7,9,11H,3,5,8,10H2,(H2,18,20,21);2,9-10H,1,3-8H2,(H2,15,17,18);5-6H,1-4H2,(H2,12,14,15);2-3,5-7H,1,4,8H2;2,5H,1,3-4H2,(H3,10,11,12,13,14);2,5H,1,3-4H2;2H,1H3;1H4;;1H2;;;;;;;;;;;;;;;;;/q;;;;;;;;;+1;;;;;;;;;;;;;;;;;;/p-1/b;2-1-;;;;;;;;;;;;;;;;;;;;;;;;;;. The molecule has 3 aliphatic rings. The maximum absolute atomic E-state index is 8.00. The molecule has 2 atom stereocenters. The molecular formula is C85H108Cl2N25NaO9V5W7Y5. The minimum absolute atomic E-state index is 0. The number of nitrogens with two attached hydrogens (primary N) is 5. The molecule has 0 aliphatic carbocycles. The monoisotopic (exact) mass is 3700 g/mol. The minimum Gasteiger partial charge on any atom is -0.870 e. The number of allylic oxidation sites excluding steroid dienone is 3. The van der Waals surface area contributed by atoms with Gasteiger partial charge in [0.1, 0.15) is 23.5 Å². The zero-order valence-electron chi connectivity index (χ0n) is 76.2. The number of alkyl halides is 1. The molecule has 724 valence electrons. The van der Waals surface area contributed by atoms with Gasteiger partial charge in [-0.25, -0.2) is 24.9 Å². The molecule has 34 nitrogen and oxygen atoms in total. The molecule has 139 heavy (non-hydrogen) atoms. The molecule has 0 saturated carbocycles. The van der Waals surface area contributed by atoms with E-state index < -0.39 is 0 Å². The van der Waals surface area contributed by atoms with E-state index in [0.717, 1.165) is 109 Å². The van der Waals surface area contributed by atoms with Gasteiger partial charge in [-0.05, 0) is 135 Å². The predicted molar refractivity (Wildman–Crippen MR) is 475 cm³/mol. The second kappa shape index (κ2) is 94.2. The van der Waals surface area contributed by atoms with Crippen molar-refractivity contribution in [2.24, 2.45) is 0 Å². The van der Waals surface area contributed by atoms with Crippen LogP contribution < -0.4 is 77.2 Å². The van der Waals surface area contributed by atoms with Crippen LogP contribution in [0.3, 0.4) is 0 Å². The summed E-state index contributed by atoms with van der Waals surface area (Å²) < 4.78 is 41.1. The number of aromatic nitrogens is 20. The summed E-state index contributed by atoms with van der Waals surface area (Å²) in [5.74, 6) is 2.21. The number of fused-ring (bicyclic) bond motifs is 7. The summed E-state index contributed by atoms with van der Waals surface area (Å²) in [6.45, 7) is 26.8. The largest absolute Gasteiger partial charge is 1.00 e. The first-order valence-electron chi connectivity index (χ1n) is 38.6. The molecule has 3 aromatic carbocycles. The molecule has 10 radical (unpaired) electrons. The quantitative estimate of drug-likeness (QED) is 0.00969. The van der Waals surface area contributed by atoms with Crippen molar-refractivity contribution in [2.75, 3.05) is 82.0 Å². The molecule has 4 bridgehead atoms. The summed E-state index contributed by atoms with van der Waals surface area (Å²) in [6.07, 6.45) is 36.1. The summed E-state index contributed by atoms with van der Waals surface area (Å²) >= 11 is 11.5. The van der Waals surface area contributed by atoms with Crippen molar-refractivity contribution in [2.45, 2.75) is 129 Å². The van der Waals surface area contributed by atoms with E-state index in [9.17, 15) is 0 Å². The second-order valence-corrected chi connectivity index (χ2v) is 27.0. The van der Waals surface area contributed by atoms with Crippen LogP contribution in [0.2, 0.25) is 5.28 Å². The molecule has 2 saturated heterocycles. The van der Waals surface area contributed by atoms with Crippen LogP contribution in [0.25, 0.3) is 55.8 Å². The van der Waals surface area contributed by atoms with E-state index in [2.05, 4.69) is 186 Å². The number of imidazole rings is 5. The fraction of sp³-hybridized carbons (Fsp3) is 0.329. The Balaban J connectivity index is -0.000000135. The molecular weight excluding hydrogens is 3600 g/mol. The van der Waals surface area contributed by atoms with Gasteiger partial charge in [0, 0.05) is 437 Å². The number of halogens is 2. The van der Waals surface area contributed by atoms with Gasteiger partial charge in [-0.15, -0.1) is 51.1 Å². The number of nitrogen functional groups attached to an aromatic ring is 5. The Morgan fingerprint density at radius 2 is 0.921 bits per heavy atom. The van der Waals surface area contributed by atoms with Gasteiger partial charge in [-0.3, -0.25) is 9.13 Å². The third-order valence-electron chi connectivity index (χ3n) is 17.6. The SMILES string of the molecule is C.C=CCCO.C=CCCOc1nc(N)c2[nH]cnc2n1.C=CCCOc1nc(N)c2ncn(C3CCCCO3)c2n1.C=CCCOc1nc(N)c2ncn(Cc3cccc(CC=C)c3)c2n1.C=CCc1cccc(CCl)c1.CO.Nc1nc(Cl)nc2c1ncn2C1CCCCO1.Nc1nc2nc3c1ncn3Cc1cccc(c1)C/C=C\CCO2.[Na+].[OH-].[V].[V].[V].[V].[V].[W].[W].[W].[W].[W].[W].[W].[Y].[Y].[Y].[Y].[Y]. The number of anilines is 5. The molecule has 13 heterocycles. The first-order chi connectivity index (χ1) is 58.1. The number of H-pyrrole nitrogens is 1. The van der Waals surface area contributed by atoms with E-state index in [0.29, 0.717) is 143 Å². The van der Waals surface area contributed by atoms with E-state index in [1.54, 1.807) is 49.6 Å². The fourth-order valence-corrected chi connectivity index (χ4v) is 12.3. The first kappa shape index (κ1) is 166. The van der Waals surface area contributed by atoms with Crippen LogP contribution in [0, 0.1) is 0 Å². The van der Waals surface area contributed by atoms with Crippen molar-refractivity contribution in [3.8, 4) is 24.0 Å². The van der Waals surface area contributed by atoms with E-state index in [4.69, 9.17) is 90.5 Å². The smallest absolute Gasteiger partial charge is 0.870 e. The number of aliphatic hydroxyl groups excluding tert-OH is 2. The summed E-state index contributed by atoms with van der Waals surface area (Å²) in [5.41, 5.74) is 42.8. The van der Waals surface area contributed by atoms with Gasteiger partial charge in [-0.1, -0.05) is 129 Å². The van der Waals surface area contributed by atoms with E-state index in [1.165, 1.54) is 34.1 Å². The van der Waals surface area contributed by atoms with Crippen LogP contribution >= 0.6 is 23.2 Å². The van der Waals surface area contributed by atoms with Gasteiger partial charge in [0.05, 0.1) is 71.2 Å². The van der Waals surface area contributed by atoms with E-state index >= 15 is 0 Å². The summed E-state index contributed by atoms with van der Waals surface area (Å²) in [7, 11) is 1.00. The number of hydrogen-bond acceptors (Lipinski definition) is 29. The zero-order valence-corrected chi connectivity index (χ0v) is 121. The van der Waals surface area contributed by atoms with Crippen LogP contribution in [0.15, 0.2) is 193 Å². The van der Waals surface area contributed by atoms with Gasteiger partial charge in [-0.2, -0.15) is 49.8 Å². The van der Waals surface area contributed by atoms with E-state index in [-0.39, 0.29) is 489 Å². The summed E-state index contributed by atoms with van der Waals surface area (Å²) in [6, 6.07) is 26.2. The predicted octanol–water partition coefficient (Wildman–Crippen LogP) is 10.9. The van der Waals surface area contributed by atoms with Crippen molar-refractivity contribution in [1.82, 2.24) is 98.0 Å². The van der Waals surface area contributed by atoms with Crippen LogP contribution in [-0.2, 0) is 451 Å². The zero-order chi connectivity index (χ0) is 84.7. The number of ether oxygens (including phenoxy) is 6. The molecule has 16 rings (SSSR count). The summed E-state index contributed by atoms with van der Waals surface area (Å²) in [5, 5.41) is 15.1. The molecule has 10 aromatic heterocycles. The van der Waals surface area contributed by atoms with Crippen molar-refractivity contribution in [3.63, 3.8) is 0 Å². The van der Waals surface area contributed by atoms with Crippen LogP contribution in [0.1, 0.15) is 124 Å².